The van der Waals surface area contributed by atoms with Crippen molar-refractivity contribution in [2.75, 3.05) is 39.5 Å². The number of nitrogens with one attached hydrogen (secondary N) is 1. The third-order valence-electron chi connectivity index (χ3n) is 5.90. The molecule has 1 aliphatic heterocycles. The highest BCUT2D eigenvalue weighted by Crippen LogP contribution is 2.33. The standard InChI is InChI=1S/C20H28ClN3O6S/c21-17-5-4-15(31(22,27)28)12-16(17)19(26)30-13-18(25)23-14-20(6-2-1-3-7-20)24-8-10-29-11-9-24/h4-5,12H,1-3,6-11,13-14H2,(H,23,25)(H2,22,27,28). The van der Waals surface area contributed by atoms with Crippen LogP contribution in [-0.4, -0.2) is 70.2 Å². The highest BCUT2D eigenvalue weighted by atomic mass is 35.5. The summed E-state index contributed by atoms with van der Waals surface area (Å²) in [6.07, 6.45) is 5.42. The zero-order valence-electron chi connectivity index (χ0n) is 17.3. The minimum Gasteiger partial charge on any atom is -0.452 e. The molecular formula is C20H28ClN3O6S. The summed E-state index contributed by atoms with van der Waals surface area (Å²) >= 11 is 5.97. The van der Waals surface area contributed by atoms with Crippen molar-refractivity contribution in [1.29, 1.82) is 0 Å². The van der Waals surface area contributed by atoms with Crippen LogP contribution in [0.4, 0.5) is 0 Å². The minimum absolute atomic E-state index is 0.00582. The molecule has 11 heteroatoms. The second-order valence-electron chi connectivity index (χ2n) is 7.92. The van der Waals surface area contributed by atoms with Gasteiger partial charge in [0.1, 0.15) is 0 Å². The molecule has 0 aromatic heterocycles. The minimum atomic E-state index is -4.00. The number of halogens is 1. The molecule has 1 aromatic carbocycles. The van der Waals surface area contributed by atoms with Crippen LogP contribution in [0.5, 0.6) is 0 Å². The number of esters is 1. The molecule has 2 aliphatic rings. The van der Waals surface area contributed by atoms with Gasteiger partial charge < -0.3 is 14.8 Å². The van der Waals surface area contributed by atoms with E-state index in [0.29, 0.717) is 19.8 Å². The molecule has 1 heterocycles. The Labute approximate surface area is 187 Å². The lowest BCUT2D eigenvalue weighted by molar-refractivity contribution is -0.125. The molecule has 31 heavy (non-hydrogen) atoms. The lowest BCUT2D eigenvalue weighted by Crippen LogP contribution is -2.59. The fourth-order valence-corrected chi connectivity index (χ4v) is 4.95. The van der Waals surface area contributed by atoms with Crippen LogP contribution in [0, 0.1) is 0 Å². The van der Waals surface area contributed by atoms with E-state index in [4.69, 9.17) is 26.2 Å². The van der Waals surface area contributed by atoms with Crippen LogP contribution in [0.2, 0.25) is 5.02 Å². The number of nitrogens with two attached hydrogens (primary N) is 1. The largest absolute Gasteiger partial charge is 0.452 e. The number of benzene rings is 1. The number of carbonyl (C=O) groups excluding carboxylic acids is 2. The highest BCUT2D eigenvalue weighted by molar-refractivity contribution is 7.89. The Morgan fingerprint density at radius 1 is 1.19 bits per heavy atom. The Morgan fingerprint density at radius 3 is 2.52 bits per heavy atom. The van der Waals surface area contributed by atoms with Crippen molar-refractivity contribution in [2.45, 2.75) is 42.5 Å². The number of rotatable bonds is 7. The van der Waals surface area contributed by atoms with Gasteiger partial charge in [0.25, 0.3) is 5.91 Å². The SMILES string of the molecule is NS(=O)(=O)c1ccc(Cl)c(C(=O)OCC(=O)NCC2(N3CCOCC3)CCCCC2)c1. The van der Waals surface area contributed by atoms with E-state index in [1.54, 1.807) is 0 Å². The van der Waals surface area contributed by atoms with Gasteiger partial charge in [0.15, 0.2) is 6.61 Å². The molecule has 1 aliphatic carbocycles. The van der Waals surface area contributed by atoms with Crippen LogP contribution in [0.15, 0.2) is 23.1 Å². The van der Waals surface area contributed by atoms with Crippen molar-refractivity contribution in [1.82, 2.24) is 10.2 Å². The second-order valence-corrected chi connectivity index (χ2v) is 9.89. The fourth-order valence-electron chi connectivity index (χ4n) is 4.21. The summed E-state index contributed by atoms with van der Waals surface area (Å²) in [5.74, 6) is -1.32. The van der Waals surface area contributed by atoms with Gasteiger partial charge in [-0.2, -0.15) is 0 Å². The van der Waals surface area contributed by atoms with Gasteiger partial charge in [0.2, 0.25) is 10.0 Å². The number of nitrogens with zero attached hydrogens (tertiary/aromatic N) is 1. The predicted octanol–water partition coefficient (Wildman–Crippen LogP) is 1.30. The van der Waals surface area contributed by atoms with E-state index in [2.05, 4.69) is 10.2 Å². The maximum atomic E-state index is 12.4. The molecule has 1 saturated carbocycles. The van der Waals surface area contributed by atoms with E-state index in [0.717, 1.165) is 44.8 Å². The van der Waals surface area contributed by atoms with E-state index in [1.807, 2.05) is 0 Å². The molecule has 3 N–H and O–H groups in total. The van der Waals surface area contributed by atoms with E-state index in [9.17, 15) is 18.0 Å². The van der Waals surface area contributed by atoms with Crippen LogP contribution in [-0.2, 0) is 24.3 Å². The van der Waals surface area contributed by atoms with Gasteiger partial charge in [-0.15, -0.1) is 0 Å². The van der Waals surface area contributed by atoms with Crippen molar-refractivity contribution < 1.29 is 27.5 Å². The molecule has 0 radical (unpaired) electrons. The zero-order valence-corrected chi connectivity index (χ0v) is 18.8. The lowest BCUT2D eigenvalue weighted by Gasteiger charge is -2.48. The number of hydrogen-bond donors (Lipinski definition) is 2. The molecule has 172 valence electrons. The first-order valence-electron chi connectivity index (χ1n) is 10.3. The van der Waals surface area contributed by atoms with Gasteiger partial charge in [-0.3, -0.25) is 9.69 Å². The van der Waals surface area contributed by atoms with Gasteiger partial charge in [0.05, 0.1) is 28.7 Å². The number of ether oxygens (including phenoxy) is 2. The summed E-state index contributed by atoms with van der Waals surface area (Å²) in [6, 6.07) is 3.47. The summed E-state index contributed by atoms with van der Waals surface area (Å²) in [7, 11) is -4.00. The van der Waals surface area contributed by atoms with Gasteiger partial charge >= 0.3 is 5.97 Å². The van der Waals surface area contributed by atoms with Crippen LogP contribution in [0.3, 0.4) is 0 Å². The number of morpholine rings is 1. The van der Waals surface area contributed by atoms with Crippen molar-refractivity contribution in [3.8, 4) is 0 Å². The molecule has 0 spiro atoms. The molecule has 0 unspecified atom stereocenters. The van der Waals surface area contributed by atoms with Crippen LogP contribution in [0.1, 0.15) is 42.5 Å². The molecular weight excluding hydrogens is 446 g/mol. The number of hydrogen-bond acceptors (Lipinski definition) is 7. The van der Waals surface area contributed by atoms with Gasteiger partial charge in [-0.05, 0) is 31.0 Å². The van der Waals surface area contributed by atoms with Crippen LogP contribution in [0.25, 0.3) is 0 Å². The number of primary sulfonamides is 1. The molecule has 0 atom stereocenters. The Hall–Kier alpha value is -1.72. The van der Waals surface area contributed by atoms with Crippen molar-refractivity contribution in [2.24, 2.45) is 5.14 Å². The quantitative estimate of drug-likeness (QED) is 0.571. The molecule has 0 bridgehead atoms. The predicted molar refractivity (Wildman–Crippen MR) is 114 cm³/mol. The zero-order chi connectivity index (χ0) is 22.5. The molecule has 1 amide bonds. The molecule has 1 saturated heterocycles. The second kappa shape index (κ2) is 10.3. The average Bonchev–Trinajstić information content (AvgIpc) is 2.77. The maximum Gasteiger partial charge on any atom is 0.340 e. The topological polar surface area (TPSA) is 128 Å². The summed E-state index contributed by atoms with van der Waals surface area (Å²) in [5, 5.41) is 7.99. The molecule has 2 fully saturated rings. The molecule has 3 rings (SSSR count). The van der Waals surface area contributed by atoms with Crippen LogP contribution < -0.4 is 10.5 Å². The monoisotopic (exact) mass is 473 g/mol. The third-order valence-corrected chi connectivity index (χ3v) is 7.14. The Kier molecular flexibility index (Phi) is 7.92. The summed E-state index contributed by atoms with van der Waals surface area (Å²) in [5.41, 5.74) is -0.271. The summed E-state index contributed by atoms with van der Waals surface area (Å²) in [4.78, 5) is 26.8. The molecule has 1 aromatic rings. The molecule has 9 nitrogen and oxygen atoms in total. The third kappa shape index (κ3) is 6.17. The van der Waals surface area contributed by atoms with Gasteiger partial charge in [0, 0.05) is 25.2 Å². The number of sulfonamides is 1. The van der Waals surface area contributed by atoms with E-state index in [1.165, 1.54) is 18.6 Å². The van der Waals surface area contributed by atoms with Crippen LogP contribution >= 0.6 is 11.6 Å². The van der Waals surface area contributed by atoms with Gasteiger partial charge in [-0.1, -0.05) is 30.9 Å². The summed E-state index contributed by atoms with van der Waals surface area (Å²) in [6.45, 7) is 3.03. The van der Waals surface area contributed by atoms with Crippen molar-refractivity contribution in [3.05, 3.63) is 28.8 Å². The first-order chi connectivity index (χ1) is 14.7. The van der Waals surface area contributed by atoms with E-state index >= 15 is 0 Å². The first-order valence-corrected chi connectivity index (χ1v) is 12.2. The highest BCUT2D eigenvalue weighted by Gasteiger charge is 2.38. The summed E-state index contributed by atoms with van der Waals surface area (Å²) < 4.78 is 33.5. The Balaban J connectivity index is 1.57. The Morgan fingerprint density at radius 2 is 1.87 bits per heavy atom. The number of amides is 1. The maximum absolute atomic E-state index is 12.4. The number of carbonyl (C=O) groups is 2. The van der Waals surface area contributed by atoms with Crippen molar-refractivity contribution >= 4 is 33.5 Å². The first kappa shape index (κ1) is 23.9. The Bertz CT molecular complexity index is 911. The average molecular weight is 474 g/mol. The smallest absolute Gasteiger partial charge is 0.340 e. The fraction of sp³-hybridized carbons (Fsp3) is 0.600. The van der Waals surface area contributed by atoms with Gasteiger partial charge in [-0.25, -0.2) is 18.4 Å². The van der Waals surface area contributed by atoms with E-state index < -0.39 is 28.5 Å². The normalized spacial score (nSPS) is 19.5. The van der Waals surface area contributed by atoms with E-state index in [-0.39, 0.29) is 21.0 Å². The lowest BCUT2D eigenvalue weighted by atomic mass is 9.79. The van der Waals surface area contributed by atoms with Crippen molar-refractivity contribution in [3.63, 3.8) is 0 Å².